The largest absolute Gasteiger partial charge is 0.483 e. The van der Waals surface area contributed by atoms with Crippen LogP contribution in [-0.2, 0) is 0 Å². The SMILES string of the molecule is CC(Oc1ccc(C(C)C)cc1)C(=O)c1cccc(Cl)c1. The molecule has 2 aromatic carbocycles. The van der Waals surface area contributed by atoms with Crippen molar-refractivity contribution in [2.24, 2.45) is 0 Å². The van der Waals surface area contributed by atoms with E-state index in [4.69, 9.17) is 16.3 Å². The molecule has 2 rings (SSSR count). The van der Waals surface area contributed by atoms with Crippen LogP contribution in [0.1, 0.15) is 42.6 Å². The summed E-state index contributed by atoms with van der Waals surface area (Å²) in [6.07, 6.45) is -0.548. The Morgan fingerprint density at radius 1 is 1.05 bits per heavy atom. The van der Waals surface area contributed by atoms with Gasteiger partial charge in [-0.05, 0) is 42.7 Å². The van der Waals surface area contributed by atoms with E-state index in [1.165, 1.54) is 5.56 Å². The summed E-state index contributed by atoms with van der Waals surface area (Å²) in [6, 6.07) is 14.8. The highest BCUT2D eigenvalue weighted by molar-refractivity contribution is 6.31. The zero-order chi connectivity index (χ0) is 15.4. The minimum absolute atomic E-state index is 0.0783. The van der Waals surface area contributed by atoms with Crippen molar-refractivity contribution in [1.82, 2.24) is 0 Å². The number of benzene rings is 2. The number of ketones is 1. The molecule has 0 spiro atoms. The molecule has 21 heavy (non-hydrogen) atoms. The highest BCUT2D eigenvalue weighted by Crippen LogP contribution is 2.20. The summed E-state index contributed by atoms with van der Waals surface area (Å²) in [4.78, 5) is 12.3. The van der Waals surface area contributed by atoms with Crippen LogP contribution in [0, 0.1) is 0 Å². The van der Waals surface area contributed by atoms with E-state index in [-0.39, 0.29) is 5.78 Å². The molecule has 0 N–H and O–H groups in total. The fourth-order valence-corrected chi connectivity index (χ4v) is 2.26. The van der Waals surface area contributed by atoms with Gasteiger partial charge in [0.15, 0.2) is 6.10 Å². The number of carbonyl (C=O) groups excluding carboxylic acids is 1. The third-order valence-electron chi connectivity index (χ3n) is 3.34. The van der Waals surface area contributed by atoms with E-state index < -0.39 is 6.10 Å². The summed E-state index contributed by atoms with van der Waals surface area (Å²) < 4.78 is 5.71. The first-order valence-electron chi connectivity index (χ1n) is 7.04. The Bertz CT molecular complexity index is 617. The Hall–Kier alpha value is -1.80. The lowest BCUT2D eigenvalue weighted by Gasteiger charge is -2.14. The van der Waals surface area contributed by atoms with Crippen LogP contribution < -0.4 is 4.74 Å². The van der Waals surface area contributed by atoms with Crippen molar-refractivity contribution in [1.29, 1.82) is 0 Å². The topological polar surface area (TPSA) is 26.3 Å². The number of carbonyl (C=O) groups is 1. The zero-order valence-electron chi connectivity index (χ0n) is 12.5. The summed E-state index contributed by atoms with van der Waals surface area (Å²) in [5.41, 5.74) is 1.81. The highest BCUT2D eigenvalue weighted by Gasteiger charge is 2.17. The van der Waals surface area contributed by atoms with Gasteiger partial charge < -0.3 is 4.74 Å². The van der Waals surface area contributed by atoms with Gasteiger partial charge in [0.2, 0.25) is 5.78 Å². The lowest BCUT2D eigenvalue weighted by atomic mass is 10.0. The number of halogens is 1. The first kappa shape index (κ1) is 15.6. The van der Waals surface area contributed by atoms with Crippen molar-refractivity contribution < 1.29 is 9.53 Å². The molecule has 2 nitrogen and oxygen atoms in total. The number of Topliss-reactive ketones (excluding diaryl/α,β-unsaturated/α-hetero) is 1. The summed E-state index contributed by atoms with van der Waals surface area (Å²) >= 11 is 5.91. The van der Waals surface area contributed by atoms with Crippen molar-refractivity contribution in [3.63, 3.8) is 0 Å². The third-order valence-corrected chi connectivity index (χ3v) is 3.57. The monoisotopic (exact) mass is 302 g/mol. The van der Waals surface area contributed by atoms with Crippen LogP contribution in [0.2, 0.25) is 5.02 Å². The van der Waals surface area contributed by atoms with Crippen LogP contribution in [0.15, 0.2) is 48.5 Å². The van der Waals surface area contributed by atoms with E-state index in [9.17, 15) is 4.79 Å². The summed E-state index contributed by atoms with van der Waals surface area (Å²) in [5.74, 6) is 1.09. The van der Waals surface area contributed by atoms with Gasteiger partial charge in [0.25, 0.3) is 0 Å². The highest BCUT2D eigenvalue weighted by atomic mass is 35.5. The minimum Gasteiger partial charge on any atom is -0.483 e. The van der Waals surface area contributed by atoms with Gasteiger partial charge in [0.1, 0.15) is 5.75 Å². The van der Waals surface area contributed by atoms with Gasteiger partial charge in [-0.25, -0.2) is 0 Å². The molecule has 0 aliphatic heterocycles. The standard InChI is InChI=1S/C18H19ClO2/c1-12(2)14-7-9-17(10-8-14)21-13(3)18(20)15-5-4-6-16(19)11-15/h4-13H,1-3H3. The average molecular weight is 303 g/mol. The molecule has 1 atom stereocenters. The first-order valence-corrected chi connectivity index (χ1v) is 7.41. The Balaban J connectivity index is 2.07. The lowest BCUT2D eigenvalue weighted by Crippen LogP contribution is -2.23. The Labute approximate surface area is 130 Å². The fourth-order valence-electron chi connectivity index (χ4n) is 2.07. The molecule has 0 radical (unpaired) electrons. The fraction of sp³-hybridized carbons (Fsp3) is 0.278. The van der Waals surface area contributed by atoms with Gasteiger partial charge in [0, 0.05) is 10.6 Å². The van der Waals surface area contributed by atoms with Crippen molar-refractivity contribution in [3.8, 4) is 5.75 Å². The molecule has 0 bridgehead atoms. The maximum absolute atomic E-state index is 12.3. The van der Waals surface area contributed by atoms with Crippen LogP contribution in [0.4, 0.5) is 0 Å². The molecule has 0 amide bonds. The van der Waals surface area contributed by atoms with E-state index in [1.807, 2.05) is 24.3 Å². The second-order valence-corrected chi connectivity index (χ2v) is 5.79. The van der Waals surface area contributed by atoms with Crippen LogP contribution in [0.25, 0.3) is 0 Å². The van der Waals surface area contributed by atoms with Crippen LogP contribution in [-0.4, -0.2) is 11.9 Å². The molecule has 0 aliphatic carbocycles. The van der Waals surface area contributed by atoms with Crippen LogP contribution in [0.3, 0.4) is 0 Å². The molecule has 0 aliphatic rings. The number of ether oxygens (including phenoxy) is 1. The van der Waals surface area contributed by atoms with Gasteiger partial charge in [0.05, 0.1) is 0 Å². The first-order chi connectivity index (χ1) is 9.97. The molecule has 0 saturated carbocycles. The van der Waals surface area contributed by atoms with Gasteiger partial charge in [-0.3, -0.25) is 4.79 Å². The van der Waals surface area contributed by atoms with Gasteiger partial charge >= 0.3 is 0 Å². The molecule has 2 aromatic rings. The molecule has 0 aromatic heterocycles. The van der Waals surface area contributed by atoms with E-state index in [0.29, 0.717) is 22.3 Å². The Kier molecular flexibility index (Phi) is 5.03. The number of hydrogen-bond donors (Lipinski definition) is 0. The van der Waals surface area contributed by atoms with Crippen molar-refractivity contribution in [2.45, 2.75) is 32.8 Å². The van der Waals surface area contributed by atoms with E-state index >= 15 is 0 Å². The quantitative estimate of drug-likeness (QED) is 0.717. The molecule has 0 fully saturated rings. The molecular weight excluding hydrogens is 284 g/mol. The smallest absolute Gasteiger partial charge is 0.203 e. The molecule has 3 heteroatoms. The Morgan fingerprint density at radius 3 is 2.29 bits per heavy atom. The normalized spacial score (nSPS) is 12.2. The predicted octanol–water partition coefficient (Wildman–Crippen LogP) is 5.11. The maximum atomic E-state index is 12.3. The van der Waals surface area contributed by atoms with Gasteiger partial charge in [-0.2, -0.15) is 0 Å². The minimum atomic E-state index is -0.548. The summed E-state index contributed by atoms with van der Waals surface area (Å²) in [7, 11) is 0. The van der Waals surface area contributed by atoms with Gasteiger partial charge in [-0.1, -0.05) is 49.7 Å². The average Bonchev–Trinajstić information content (AvgIpc) is 2.47. The van der Waals surface area contributed by atoms with Crippen LogP contribution >= 0.6 is 11.6 Å². The predicted molar refractivity (Wildman–Crippen MR) is 86.4 cm³/mol. The molecule has 0 heterocycles. The molecular formula is C18H19ClO2. The van der Waals surface area contributed by atoms with Crippen LogP contribution in [0.5, 0.6) is 5.75 Å². The lowest BCUT2D eigenvalue weighted by molar-refractivity contribution is 0.0818. The van der Waals surface area contributed by atoms with Gasteiger partial charge in [-0.15, -0.1) is 0 Å². The number of hydrogen-bond acceptors (Lipinski definition) is 2. The summed E-state index contributed by atoms with van der Waals surface area (Å²) in [6.45, 7) is 6.03. The van der Waals surface area contributed by atoms with E-state index in [0.717, 1.165) is 0 Å². The van der Waals surface area contributed by atoms with Crippen molar-refractivity contribution in [2.75, 3.05) is 0 Å². The second-order valence-electron chi connectivity index (χ2n) is 5.36. The number of rotatable bonds is 5. The third kappa shape index (κ3) is 4.08. The van der Waals surface area contributed by atoms with Crippen molar-refractivity contribution >= 4 is 17.4 Å². The zero-order valence-corrected chi connectivity index (χ0v) is 13.2. The van der Waals surface area contributed by atoms with Crippen molar-refractivity contribution in [3.05, 3.63) is 64.7 Å². The van der Waals surface area contributed by atoms with E-state index in [1.54, 1.807) is 31.2 Å². The van der Waals surface area contributed by atoms with E-state index in [2.05, 4.69) is 13.8 Å². The second kappa shape index (κ2) is 6.77. The maximum Gasteiger partial charge on any atom is 0.203 e. The Morgan fingerprint density at radius 2 is 1.71 bits per heavy atom. The summed E-state index contributed by atoms with van der Waals surface area (Å²) in [5, 5.41) is 0.550. The molecule has 0 saturated heterocycles. The molecule has 110 valence electrons. The molecule has 1 unspecified atom stereocenters.